The Labute approximate surface area is 110 Å². The van der Waals surface area contributed by atoms with E-state index in [4.69, 9.17) is 9.63 Å². The van der Waals surface area contributed by atoms with Crippen LogP contribution in [0.5, 0.6) is 0 Å². The Morgan fingerprint density at radius 1 is 1.37 bits per heavy atom. The Balaban J connectivity index is 2.25. The zero-order valence-electron chi connectivity index (χ0n) is 10.8. The second-order valence-electron chi connectivity index (χ2n) is 4.42. The third-order valence-electron chi connectivity index (χ3n) is 2.64. The summed E-state index contributed by atoms with van der Waals surface area (Å²) >= 11 is 0. The monoisotopic (exact) mass is 261 g/mol. The number of carboxylic acids is 1. The van der Waals surface area contributed by atoms with Crippen LogP contribution < -0.4 is 0 Å². The predicted molar refractivity (Wildman–Crippen MR) is 69.0 cm³/mol. The standard InChI is InChI=1S/C13H15N3O3/c1-16(2)8-7-11-14-12(19-15-11)9-5-3-4-6-10(9)13(17)18/h3-6H,7-8H2,1-2H3,(H,17,18). The molecule has 0 radical (unpaired) electrons. The molecule has 0 bridgehead atoms. The summed E-state index contributed by atoms with van der Waals surface area (Å²) in [5, 5.41) is 13.0. The highest BCUT2D eigenvalue weighted by Gasteiger charge is 2.16. The van der Waals surface area contributed by atoms with E-state index in [2.05, 4.69) is 10.1 Å². The average Bonchev–Trinajstić information content (AvgIpc) is 2.85. The van der Waals surface area contributed by atoms with Gasteiger partial charge in [0.2, 0.25) is 0 Å². The van der Waals surface area contributed by atoms with Gasteiger partial charge in [-0.3, -0.25) is 0 Å². The van der Waals surface area contributed by atoms with E-state index in [0.717, 1.165) is 6.54 Å². The van der Waals surface area contributed by atoms with Gasteiger partial charge in [0.05, 0.1) is 11.1 Å². The molecule has 0 aliphatic rings. The lowest BCUT2D eigenvalue weighted by molar-refractivity contribution is 0.0697. The summed E-state index contributed by atoms with van der Waals surface area (Å²) in [6.07, 6.45) is 0.658. The molecule has 6 nitrogen and oxygen atoms in total. The van der Waals surface area contributed by atoms with E-state index >= 15 is 0 Å². The van der Waals surface area contributed by atoms with Gasteiger partial charge in [-0.2, -0.15) is 4.98 Å². The van der Waals surface area contributed by atoms with E-state index in [1.807, 2.05) is 19.0 Å². The van der Waals surface area contributed by atoms with E-state index in [1.165, 1.54) is 6.07 Å². The first-order valence-corrected chi connectivity index (χ1v) is 5.88. The van der Waals surface area contributed by atoms with Crippen LogP contribution in [0.3, 0.4) is 0 Å². The summed E-state index contributed by atoms with van der Waals surface area (Å²) in [6.45, 7) is 0.805. The minimum atomic E-state index is -1.01. The summed E-state index contributed by atoms with van der Waals surface area (Å²) in [5.41, 5.74) is 0.601. The molecule has 0 fully saturated rings. The number of likely N-dealkylation sites (N-methyl/N-ethyl adjacent to an activating group) is 1. The first-order valence-electron chi connectivity index (χ1n) is 5.88. The first kappa shape index (κ1) is 13.2. The van der Waals surface area contributed by atoms with Crippen molar-refractivity contribution in [2.24, 2.45) is 0 Å². The van der Waals surface area contributed by atoms with Crippen molar-refractivity contribution < 1.29 is 14.4 Å². The molecule has 100 valence electrons. The van der Waals surface area contributed by atoms with Crippen molar-refractivity contribution in [2.45, 2.75) is 6.42 Å². The minimum Gasteiger partial charge on any atom is -0.478 e. The van der Waals surface area contributed by atoms with Gasteiger partial charge in [0.15, 0.2) is 5.82 Å². The molecule has 1 aromatic carbocycles. The topological polar surface area (TPSA) is 79.5 Å². The lowest BCUT2D eigenvalue weighted by atomic mass is 10.1. The van der Waals surface area contributed by atoms with Gasteiger partial charge in [0, 0.05) is 13.0 Å². The number of carboxylic acid groups (broad SMARTS) is 1. The van der Waals surface area contributed by atoms with Gasteiger partial charge in [-0.15, -0.1) is 0 Å². The molecule has 0 unspecified atom stereocenters. The van der Waals surface area contributed by atoms with E-state index in [1.54, 1.807) is 18.2 Å². The zero-order chi connectivity index (χ0) is 13.8. The van der Waals surface area contributed by atoms with Crippen molar-refractivity contribution in [2.75, 3.05) is 20.6 Å². The van der Waals surface area contributed by atoms with Gasteiger partial charge in [-0.25, -0.2) is 4.79 Å². The van der Waals surface area contributed by atoms with Crippen molar-refractivity contribution in [1.82, 2.24) is 15.0 Å². The first-order chi connectivity index (χ1) is 9.08. The maximum absolute atomic E-state index is 11.1. The summed E-state index contributed by atoms with van der Waals surface area (Å²) in [7, 11) is 3.92. The number of hydrogen-bond acceptors (Lipinski definition) is 5. The lowest BCUT2D eigenvalue weighted by Crippen LogP contribution is -2.15. The number of hydrogen-bond donors (Lipinski definition) is 1. The molecule has 0 atom stereocenters. The molecular formula is C13H15N3O3. The molecule has 0 saturated carbocycles. The second-order valence-corrected chi connectivity index (χ2v) is 4.42. The van der Waals surface area contributed by atoms with Gasteiger partial charge in [-0.05, 0) is 26.2 Å². The van der Waals surface area contributed by atoms with Crippen LogP contribution in [-0.4, -0.2) is 46.8 Å². The molecule has 0 saturated heterocycles. The Morgan fingerprint density at radius 3 is 2.79 bits per heavy atom. The fraction of sp³-hybridized carbons (Fsp3) is 0.308. The van der Waals surface area contributed by atoms with Crippen molar-refractivity contribution in [3.63, 3.8) is 0 Å². The van der Waals surface area contributed by atoms with E-state index in [9.17, 15) is 4.79 Å². The summed E-state index contributed by atoms with van der Waals surface area (Å²) in [6, 6.07) is 6.58. The fourth-order valence-corrected chi connectivity index (χ4v) is 1.64. The van der Waals surface area contributed by atoms with Crippen molar-refractivity contribution in [3.05, 3.63) is 35.7 Å². The summed E-state index contributed by atoms with van der Waals surface area (Å²) < 4.78 is 5.13. The molecule has 1 heterocycles. The molecule has 19 heavy (non-hydrogen) atoms. The maximum Gasteiger partial charge on any atom is 0.336 e. The number of aromatic nitrogens is 2. The number of carbonyl (C=O) groups is 1. The van der Waals surface area contributed by atoms with E-state index in [0.29, 0.717) is 17.8 Å². The molecule has 2 aromatic rings. The average molecular weight is 261 g/mol. The van der Waals surface area contributed by atoms with Crippen LogP contribution >= 0.6 is 0 Å². The molecule has 1 aromatic heterocycles. The molecule has 0 aliphatic carbocycles. The van der Waals surface area contributed by atoms with Crippen LogP contribution in [0.25, 0.3) is 11.5 Å². The lowest BCUT2D eigenvalue weighted by Gasteiger charge is -2.05. The number of nitrogens with zero attached hydrogens (tertiary/aromatic N) is 3. The normalized spacial score (nSPS) is 10.9. The van der Waals surface area contributed by atoms with Crippen molar-refractivity contribution in [1.29, 1.82) is 0 Å². The zero-order valence-corrected chi connectivity index (χ0v) is 10.8. The molecule has 0 spiro atoms. The predicted octanol–water partition coefficient (Wildman–Crippen LogP) is 1.54. The van der Waals surface area contributed by atoms with Crippen LogP contribution in [-0.2, 0) is 6.42 Å². The van der Waals surface area contributed by atoms with Crippen LogP contribution in [0.4, 0.5) is 0 Å². The summed E-state index contributed by atoms with van der Waals surface area (Å²) in [5.74, 6) is -0.195. The number of aromatic carboxylic acids is 1. The van der Waals surface area contributed by atoms with Gasteiger partial charge in [-0.1, -0.05) is 17.3 Å². The van der Waals surface area contributed by atoms with Crippen LogP contribution in [0.1, 0.15) is 16.2 Å². The highest BCUT2D eigenvalue weighted by Crippen LogP contribution is 2.21. The van der Waals surface area contributed by atoms with Crippen molar-refractivity contribution >= 4 is 5.97 Å². The Kier molecular flexibility index (Phi) is 3.91. The van der Waals surface area contributed by atoms with Gasteiger partial charge in [0.1, 0.15) is 0 Å². The van der Waals surface area contributed by atoms with Crippen LogP contribution in [0.2, 0.25) is 0 Å². The highest BCUT2D eigenvalue weighted by atomic mass is 16.5. The van der Waals surface area contributed by atoms with Gasteiger partial charge >= 0.3 is 5.97 Å². The number of benzene rings is 1. The third kappa shape index (κ3) is 3.17. The van der Waals surface area contributed by atoms with Crippen molar-refractivity contribution in [3.8, 4) is 11.5 Å². The highest BCUT2D eigenvalue weighted by molar-refractivity contribution is 5.94. The molecule has 0 amide bonds. The van der Waals surface area contributed by atoms with Crippen LogP contribution in [0, 0.1) is 0 Å². The largest absolute Gasteiger partial charge is 0.478 e. The SMILES string of the molecule is CN(C)CCc1noc(-c2ccccc2C(=O)O)n1. The smallest absolute Gasteiger partial charge is 0.336 e. The summed E-state index contributed by atoms with van der Waals surface area (Å²) in [4.78, 5) is 17.4. The Hall–Kier alpha value is -2.21. The molecular weight excluding hydrogens is 246 g/mol. The Bertz CT molecular complexity index is 578. The van der Waals surface area contributed by atoms with Gasteiger partial charge < -0.3 is 14.5 Å². The fourth-order valence-electron chi connectivity index (χ4n) is 1.64. The van der Waals surface area contributed by atoms with Crippen LogP contribution in [0.15, 0.2) is 28.8 Å². The molecule has 0 aliphatic heterocycles. The number of rotatable bonds is 5. The Morgan fingerprint density at radius 2 is 2.11 bits per heavy atom. The quantitative estimate of drug-likeness (QED) is 0.879. The van der Waals surface area contributed by atoms with E-state index in [-0.39, 0.29) is 11.5 Å². The van der Waals surface area contributed by atoms with Gasteiger partial charge in [0.25, 0.3) is 5.89 Å². The minimum absolute atomic E-state index is 0.158. The molecule has 2 rings (SSSR count). The molecule has 6 heteroatoms. The molecule has 1 N–H and O–H groups in total. The van der Waals surface area contributed by atoms with E-state index < -0.39 is 5.97 Å². The maximum atomic E-state index is 11.1. The second kappa shape index (κ2) is 5.62. The third-order valence-corrected chi connectivity index (χ3v) is 2.64.